The second kappa shape index (κ2) is 7.68. The van der Waals surface area contributed by atoms with Gasteiger partial charge in [-0.1, -0.05) is 18.2 Å². The number of benzene rings is 2. The van der Waals surface area contributed by atoms with Crippen molar-refractivity contribution in [1.82, 2.24) is 9.97 Å². The van der Waals surface area contributed by atoms with Gasteiger partial charge in [0.2, 0.25) is 5.95 Å². The maximum atomic E-state index is 12.7. The van der Waals surface area contributed by atoms with Crippen LogP contribution in [-0.4, -0.2) is 29.0 Å². The van der Waals surface area contributed by atoms with Crippen molar-refractivity contribution in [3.8, 4) is 5.75 Å². The molecule has 0 radical (unpaired) electrons. The highest BCUT2D eigenvalue weighted by atomic mass is 16.5. The Labute approximate surface area is 164 Å². The van der Waals surface area contributed by atoms with E-state index in [1.807, 2.05) is 50.2 Å². The molecule has 2 heterocycles. The first kappa shape index (κ1) is 18.0. The third kappa shape index (κ3) is 3.67. The van der Waals surface area contributed by atoms with Gasteiger partial charge in [-0.2, -0.15) is 0 Å². The second-order valence-corrected chi connectivity index (χ2v) is 6.64. The van der Waals surface area contributed by atoms with E-state index in [-0.39, 0.29) is 5.91 Å². The minimum atomic E-state index is -0.261. The second-order valence-electron chi connectivity index (χ2n) is 6.64. The number of hydrogen-bond acceptors (Lipinski definition) is 5. The van der Waals surface area contributed by atoms with E-state index in [0.717, 1.165) is 30.1 Å². The summed E-state index contributed by atoms with van der Waals surface area (Å²) < 4.78 is 5.43. The van der Waals surface area contributed by atoms with E-state index in [4.69, 9.17) is 4.74 Å². The van der Waals surface area contributed by atoms with Gasteiger partial charge in [0.05, 0.1) is 6.61 Å². The van der Waals surface area contributed by atoms with Gasteiger partial charge in [0.15, 0.2) is 0 Å². The summed E-state index contributed by atoms with van der Waals surface area (Å²) in [4.78, 5) is 23.9. The third-order valence-corrected chi connectivity index (χ3v) is 4.63. The van der Waals surface area contributed by atoms with Crippen molar-refractivity contribution in [2.75, 3.05) is 23.4 Å². The number of rotatable bonds is 5. The van der Waals surface area contributed by atoms with Crippen LogP contribution in [0.25, 0.3) is 0 Å². The molecular formula is C22H22N4O2. The van der Waals surface area contributed by atoms with Gasteiger partial charge in [0.25, 0.3) is 5.91 Å². The van der Waals surface area contributed by atoms with Gasteiger partial charge in [-0.15, -0.1) is 0 Å². The van der Waals surface area contributed by atoms with E-state index in [2.05, 4.69) is 32.3 Å². The van der Waals surface area contributed by atoms with Crippen LogP contribution in [0.15, 0.2) is 54.6 Å². The number of nitrogens with zero attached hydrogens (tertiary/aromatic N) is 3. The summed E-state index contributed by atoms with van der Waals surface area (Å²) in [6.45, 7) is 5.22. The molecular weight excluding hydrogens is 352 g/mol. The van der Waals surface area contributed by atoms with E-state index in [1.54, 1.807) is 6.07 Å². The molecule has 0 aliphatic carbocycles. The first-order valence-corrected chi connectivity index (χ1v) is 9.39. The number of aromatic nitrogens is 2. The van der Waals surface area contributed by atoms with Crippen LogP contribution in [0.3, 0.4) is 0 Å². The number of fused-ring (bicyclic) bond motifs is 1. The van der Waals surface area contributed by atoms with Gasteiger partial charge in [-0.05, 0) is 62.2 Å². The molecule has 0 spiro atoms. The summed E-state index contributed by atoms with van der Waals surface area (Å²) in [6, 6.07) is 17.2. The fourth-order valence-electron chi connectivity index (χ4n) is 3.33. The number of para-hydroxylation sites is 1. The number of aryl methyl sites for hydroxylation is 1. The molecule has 142 valence electrons. The average Bonchev–Trinajstić information content (AvgIpc) is 3.13. The molecule has 0 bridgehead atoms. The molecule has 1 amide bonds. The SMILES string of the molecule is CCOc1ccc(NC(=O)c2cc(C)nc(N3CCc4ccccc43)n2)cc1. The van der Waals surface area contributed by atoms with Crippen molar-refractivity contribution >= 4 is 23.2 Å². The van der Waals surface area contributed by atoms with Crippen LogP contribution in [0.2, 0.25) is 0 Å². The number of carbonyl (C=O) groups is 1. The Kier molecular flexibility index (Phi) is 4.93. The molecule has 1 aliphatic rings. The third-order valence-electron chi connectivity index (χ3n) is 4.63. The summed E-state index contributed by atoms with van der Waals surface area (Å²) in [5, 5.41) is 2.89. The Morgan fingerprint density at radius 1 is 1.14 bits per heavy atom. The number of ether oxygens (including phenoxy) is 1. The number of hydrogen-bond donors (Lipinski definition) is 1. The molecule has 0 atom stereocenters. The van der Waals surface area contributed by atoms with Crippen LogP contribution >= 0.6 is 0 Å². The van der Waals surface area contributed by atoms with Crippen molar-refractivity contribution in [3.05, 3.63) is 71.5 Å². The highest BCUT2D eigenvalue weighted by Gasteiger charge is 2.23. The summed E-state index contributed by atoms with van der Waals surface area (Å²) in [5.41, 5.74) is 4.17. The number of carbonyl (C=O) groups excluding carboxylic acids is 1. The van der Waals surface area contributed by atoms with E-state index in [0.29, 0.717) is 23.9 Å². The quantitative estimate of drug-likeness (QED) is 0.727. The van der Waals surface area contributed by atoms with E-state index < -0.39 is 0 Å². The molecule has 0 saturated heterocycles. The van der Waals surface area contributed by atoms with Crippen molar-refractivity contribution in [2.45, 2.75) is 20.3 Å². The van der Waals surface area contributed by atoms with E-state index in [9.17, 15) is 4.79 Å². The number of amides is 1. The fourth-order valence-corrected chi connectivity index (χ4v) is 3.33. The normalized spacial score (nSPS) is 12.6. The molecule has 1 aliphatic heterocycles. The first-order valence-electron chi connectivity index (χ1n) is 9.39. The van der Waals surface area contributed by atoms with Gasteiger partial charge in [0, 0.05) is 23.6 Å². The lowest BCUT2D eigenvalue weighted by atomic mass is 10.2. The van der Waals surface area contributed by atoms with Crippen molar-refractivity contribution in [2.24, 2.45) is 0 Å². The van der Waals surface area contributed by atoms with E-state index in [1.165, 1.54) is 5.56 Å². The molecule has 4 rings (SSSR count). The molecule has 3 aromatic rings. The van der Waals surface area contributed by atoms with Crippen LogP contribution in [0, 0.1) is 6.92 Å². The van der Waals surface area contributed by atoms with Crippen LogP contribution in [-0.2, 0) is 6.42 Å². The van der Waals surface area contributed by atoms with Crippen LogP contribution in [0.1, 0.15) is 28.7 Å². The predicted molar refractivity (Wildman–Crippen MR) is 109 cm³/mol. The molecule has 28 heavy (non-hydrogen) atoms. The molecule has 1 aromatic heterocycles. The maximum absolute atomic E-state index is 12.7. The summed E-state index contributed by atoms with van der Waals surface area (Å²) in [5.74, 6) is 1.07. The highest BCUT2D eigenvalue weighted by Crippen LogP contribution is 2.32. The monoisotopic (exact) mass is 374 g/mol. The lowest BCUT2D eigenvalue weighted by Crippen LogP contribution is -2.20. The minimum Gasteiger partial charge on any atom is -0.494 e. The minimum absolute atomic E-state index is 0.261. The molecule has 6 heteroatoms. The standard InChI is InChI=1S/C22H22N4O2/c1-3-28-18-10-8-17(9-11-18)24-21(27)19-14-15(2)23-22(25-19)26-13-12-16-6-4-5-7-20(16)26/h4-11,14H,3,12-13H2,1-2H3,(H,24,27). The van der Waals surface area contributed by atoms with Gasteiger partial charge in [-0.3, -0.25) is 4.79 Å². The number of nitrogens with one attached hydrogen (secondary N) is 1. The Morgan fingerprint density at radius 2 is 1.93 bits per heavy atom. The van der Waals surface area contributed by atoms with Gasteiger partial charge < -0.3 is 15.0 Å². The Hall–Kier alpha value is -3.41. The Balaban J connectivity index is 1.56. The largest absolute Gasteiger partial charge is 0.494 e. The Morgan fingerprint density at radius 3 is 2.71 bits per heavy atom. The molecule has 0 saturated carbocycles. The van der Waals surface area contributed by atoms with Crippen molar-refractivity contribution in [1.29, 1.82) is 0 Å². The predicted octanol–water partition coefficient (Wildman–Crippen LogP) is 4.13. The molecule has 6 nitrogen and oxygen atoms in total. The highest BCUT2D eigenvalue weighted by molar-refractivity contribution is 6.03. The summed E-state index contributed by atoms with van der Waals surface area (Å²) >= 11 is 0. The summed E-state index contributed by atoms with van der Waals surface area (Å²) in [6.07, 6.45) is 0.946. The molecule has 1 N–H and O–H groups in total. The maximum Gasteiger partial charge on any atom is 0.274 e. The molecule has 2 aromatic carbocycles. The Bertz CT molecular complexity index is 1000. The smallest absolute Gasteiger partial charge is 0.274 e. The van der Waals surface area contributed by atoms with Gasteiger partial charge in [0.1, 0.15) is 11.4 Å². The van der Waals surface area contributed by atoms with E-state index >= 15 is 0 Å². The average molecular weight is 374 g/mol. The fraction of sp³-hybridized carbons (Fsp3) is 0.227. The molecule has 0 unspecified atom stereocenters. The van der Waals surface area contributed by atoms with Crippen LogP contribution < -0.4 is 15.0 Å². The lowest BCUT2D eigenvalue weighted by molar-refractivity contribution is 0.102. The van der Waals surface area contributed by atoms with Crippen LogP contribution in [0.4, 0.5) is 17.3 Å². The molecule has 0 fully saturated rings. The zero-order chi connectivity index (χ0) is 19.5. The van der Waals surface area contributed by atoms with Crippen LogP contribution in [0.5, 0.6) is 5.75 Å². The zero-order valence-corrected chi connectivity index (χ0v) is 16.0. The van der Waals surface area contributed by atoms with Crippen molar-refractivity contribution < 1.29 is 9.53 Å². The number of anilines is 3. The van der Waals surface area contributed by atoms with Gasteiger partial charge >= 0.3 is 0 Å². The first-order chi connectivity index (χ1) is 13.6. The zero-order valence-electron chi connectivity index (χ0n) is 16.0. The lowest BCUT2D eigenvalue weighted by Gasteiger charge is -2.18. The summed E-state index contributed by atoms with van der Waals surface area (Å²) in [7, 11) is 0. The topological polar surface area (TPSA) is 67.3 Å². The van der Waals surface area contributed by atoms with Gasteiger partial charge in [-0.25, -0.2) is 9.97 Å². The van der Waals surface area contributed by atoms with Crippen molar-refractivity contribution in [3.63, 3.8) is 0 Å².